The summed E-state index contributed by atoms with van der Waals surface area (Å²) >= 11 is 3.59. The minimum atomic E-state index is 0. The van der Waals surface area contributed by atoms with Gasteiger partial charge in [-0.1, -0.05) is 53.4 Å². The molecular formula is C18H15IN2S2. The van der Waals surface area contributed by atoms with Crippen LogP contribution in [0.15, 0.2) is 70.6 Å². The quantitative estimate of drug-likeness (QED) is 0.474. The molecule has 1 aliphatic rings. The molecule has 0 bridgehead atoms. The Hall–Kier alpha value is -1.31. The van der Waals surface area contributed by atoms with E-state index in [1.165, 1.54) is 30.8 Å². The van der Waals surface area contributed by atoms with Crippen molar-refractivity contribution in [2.45, 2.75) is 4.90 Å². The van der Waals surface area contributed by atoms with Gasteiger partial charge in [-0.25, -0.2) is 0 Å². The van der Waals surface area contributed by atoms with Gasteiger partial charge in [0.1, 0.15) is 11.7 Å². The molecule has 116 valence electrons. The van der Waals surface area contributed by atoms with E-state index in [0.29, 0.717) is 0 Å². The zero-order valence-electron chi connectivity index (χ0n) is 12.5. The molecule has 0 saturated heterocycles. The highest BCUT2D eigenvalue weighted by Crippen LogP contribution is 2.40. The second-order valence-corrected chi connectivity index (χ2v) is 7.23. The number of para-hydroxylation sites is 2. The molecule has 0 saturated carbocycles. The number of anilines is 1. The average Bonchev–Trinajstić information content (AvgIpc) is 3.09. The first kappa shape index (κ1) is 16.5. The summed E-state index contributed by atoms with van der Waals surface area (Å²) in [7, 11) is 2.12. The highest BCUT2D eigenvalue weighted by molar-refractivity contribution is 8.03. The molecule has 2 aromatic carbocycles. The Balaban J connectivity index is 0.00000156. The fourth-order valence-corrected chi connectivity index (χ4v) is 4.48. The molecule has 0 amide bonds. The number of thiazole rings is 1. The van der Waals surface area contributed by atoms with Crippen molar-refractivity contribution in [1.29, 1.82) is 0 Å². The Morgan fingerprint density at radius 2 is 1.83 bits per heavy atom. The van der Waals surface area contributed by atoms with Gasteiger partial charge >= 0.3 is 0 Å². The SMILES string of the molecule is C[n+]1c(C=CC=C2Nc3ccccc3S2)sc2ccccc21.[I-]. The molecule has 0 aliphatic carbocycles. The van der Waals surface area contributed by atoms with Crippen molar-refractivity contribution in [3.63, 3.8) is 0 Å². The first-order valence-corrected chi connectivity index (χ1v) is 8.74. The number of hydrogen-bond acceptors (Lipinski definition) is 3. The number of thioether (sulfide) groups is 1. The lowest BCUT2D eigenvalue weighted by Gasteiger charge is -1.95. The fourth-order valence-electron chi connectivity index (χ4n) is 2.50. The predicted octanol–water partition coefficient (Wildman–Crippen LogP) is 1.80. The van der Waals surface area contributed by atoms with Crippen LogP contribution in [0.25, 0.3) is 16.3 Å². The zero-order chi connectivity index (χ0) is 14.9. The number of aryl methyl sites for hydroxylation is 1. The van der Waals surface area contributed by atoms with Crippen LogP contribution in [0.4, 0.5) is 5.69 Å². The molecule has 2 nitrogen and oxygen atoms in total. The van der Waals surface area contributed by atoms with Gasteiger partial charge < -0.3 is 29.3 Å². The first-order chi connectivity index (χ1) is 10.8. The number of allylic oxidation sites excluding steroid dienone is 2. The van der Waals surface area contributed by atoms with E-state index in [2.05, 4.69) is 83.7 Å². The van der Waals surface area contributed by atoms with E-state index in [1.54, 1.807) is 11.8 Å². The number of halogens is 1. The Labute approximate surface area is 160 Å². The summed E-state index contributed by atoms with van der Waals surface area (Å²) in [4.78, 5) is 1.29. The lowest BCUT2D eigenvalue weighted by atomic mass is 10.3. The molecule has 0 radical (unpaired) electrons. The van der Waals surface area contributed by atoms with Gasteiger partial charge in [-0.05, 0) is 24.3 Å². The normalized spacial score (nSPS) is 14.9. The summed E-state index contributed by atoms with van der Waals surface area (Å²) in [6.45, 7) is 0. The van der Waals surface area contributed by atoms with E-state index in [0.717, 1.165) is 0 Å². The number of rotatable bonds is 2. The number of nitrogens with zero attached hydrogens (tertiary/aromatic N) is 1. The van der Waals surface area contributed by atoms with Crippen molar-refractivity contribution in [2.75, 3.05) is 5.32 Å². The molecule has 0 spiro atoms. The van der Waals surface area contributed by atoms with Gasteiger partial charge in [0.2, 0.25) is 5.52 Å². The van der Waals surface area contributed by atoms with Gasteiger partial charge in [-0.15, -0.1) is 0 Å². The minimum Gasteiger partial charge on any atom is -1.00 e. The zero-order valence-corrected chi connectivity index (χ0v) is 16.3. The van der Waals surface area contributed by atoms with Crippen molar-refractivity contribution < 1.29 is 28.5 Å². The predicted molar refractivity (Wildman–Crippen MR) is 96.0 cm³/mol. The van der Waals surface area contributed by atoms with Crippen molar-refractivity contribution in [3.05, 3.63) is 70.7 Å². The topological polar surface area (TPSA) is 15.9 Å². The molecule has 1 aromatic heterocycles. The summed E-state index contributed by atoms with van der Waals surface area (Å²) in [5.74, 6) is 0. The smallest absolute Gasteiger partial charge is 0.262 e. The molecule has 2 heterocycles. The van der Waals surface area contributed by atoms with Crippen LogP contribution in [-0.2, 0) is 7.05 Å². The third-order valence-corrected chi connectivity index (χ3v) is 5.84. The Bertz CT molecular complexity index is 885. The van der Waals surface area contributed by atoms with Gasteiger partial charge in [0.05, 0.1) is 10.7 Å². The monoisotopic (exact) mass is 450 g/mol. The van der Waals surface area contributed by atoms with Crippen LogP contribution >= 0.6 is 23.1 Å². The second-order valence-electron chi connectivity index (χ2n) is 5.08. The van der Waals surface area contributed by atoms with Gasteiger partial charge in [0.25, 0.3) is 5.01 Å². The molecule has 1 aliphatic heterocycles. The average molecular weight is 450 g/mol. The van der Waals surface area contributed by atoms with Crippen LogP contribution in [0.3, 0.4) is 0 Å². The van der Waals surface area contributed by atoms with Crippen LogP contribution in [0.1, 0.15) is 5.01 Å². The van der Waals surface area contributed by atoms with Gasteiger partial charge in [-0.3, -0.25) is 0 Å². The van der Waals surface area contributed by atoms with E-state index in [9.17, 15) is 0 Å². The maximum absolute atomic E-state index is 3.43. The van der Waals surface area contributed by atoms with Crippen molar-refractivity contribution in [1.82, 2.24) is 0 Å². The van der Waals surface area contributed by atoms with Crippen LogP contribution in [0, 0.1) is 0 Å². The third kappa shape index (κ3) is 3.32. The lowest BCUT2D eigenvalue weighted by molar-refractivity contribution is -0.642. The Morgan fingerprint density at radius 1 is 1.04 bits per heavy atom. The first-order valence-electron chi connectivity index (χ1n) is 7.11. The van der Waals surface area contributed by atoms with Crippen LogP contribution in [-0.4, -0.2) is 0 Å². The van der Waals surface area contributed by atoms with Gasteiger partial charge in [0, 0.05) is 17.0 Å². The second kappa shape index (κ2) is 7.07. The molecule has 1 N–H and O–H groups in total. The molecule has 0 atom stereocenters. The Morgan fingerprint density at radius 3 is 2.65 bits per heavy atom. The molecule has 4 rings (SSSR count). The minimum absolute atomic E-state index is 0. The number of aromatic nitrogens is 1. The van der Waals surface area contributed by atoms with E-state index >= 15 is 0 Å². The summed E-state index contributed by atoms with van der Waals surface area (Å²) in [6, 6.07) is 16.9. The molecule has 23 heavy (non-hydrogen) atoms. The summed E-state index contributed by atoms with van der Waals surface area (Å²) in [5, 5.41) is 5.85. The Kier molecular flexibility index (Phi) is 5.08. The van der Waals surface area contributed by atoms with Crippen molar-refractivity contribution >= 4 is 45.1 Å². The number of benzene rings is 2. The summed E-state index contributed by atoms with van der Waals surface area (Å²) in [6.07, 6.45) is 6.42. The molecular weight excluding hydrogens is 435 g/mol. The standard InChI is InChI=1S/C18H14N2S2.HI/c1-20-14-8-3-5-10-16(14)22-18(20)12-6-11-17-19-13-7-2-4-9-15(13)21-17;/h2-12H,1H3;1H. The van der Waals surface area contributed by atoms with Crippen molar-refractivity contribution in [3.8, 4) is 0 Å². The number of fused-ring (bicyclic) bond motifs is 2. The van der Waals surface area contributed by atoms with E-state index in [4.69, 9.17) is 0 Å². The highest BCUT2D eigenvalue weighted by atomic mass is 127. The fraction of sp³-hybridized carbons (Fsp3) is 0.0556. The maximum atomic E-state index is 3.43. The molecule has 3 aromatic rings. The number of nitrogens with one attached hydrogen (secondary N) is 1. The van der Waals surface area contributed by atoms with Crippen molar-refractivity contribution in [2.24, 2.45) is 7.05 Å². The summed E-state index contributed by atoms with van der Waals surface area (Å²) in [5.41, 5.74) is 2.47. The van der Waals surface area contributed by atoms with Crippen LogP contribution in [0.5, 0.6) is 0 Å². The third-order valence-electron chi connectivity index (χ3n) is 3.62. The van der Waals surface area contributed by atoms with Gasteiger partial charge in [-0.2, -0.15) is 4.57 Å². The largest absolute Gasteiger partial charge is 1.00 e. The number of hydrogen-bond donors (Lipinski definition) is 1. The van der Waals surface area contributed by atoms with Gasteiger partial charge in [0.15, 0.2) is 0 Å². The molecule has 5 heteroatoms. The highest BCUT2D eigenvalue weighted by Gasteiger charge is 2.15. The van der Waals surface area contributed by atoms with E-state index in [1.807, 2.05) is 11.3 Å². The molecule has 0 fully saturated rings. The van der Waals surface area contributed by atoms with Crippen LogP contribution in [0.2, 0.25) is 0 Å². The lowest BCUT2D eigenvalue weighted by Crippen LogP contribution is -3.00. The maximum Gasteiger partial charge on any atom is 0.262 e. The van der Waals surface area contributed by atoms with Crippen LogP contribution < -0.4 is 33.9 Å². The molecule has 0 unspecified atom stereocenters. The van der Waals surface area contributed by atoms with E-state index in [-0.39, 0.29) is 24.0 Å². The van der Waals surface area contributed by atoms with E-state index < -0.39 is 0 Å². The summed E-state index contributed by atoms with van der Waals surface area (Å²) < 4.78 is 3.55.